The number of aromatic nitrogens is 1. The fourth-order valence-electron chi connectivity index (χ4n) is 2.36. The van der Waals surface area contributed by atoms with Crippen LogP contribution < -0.4 is 4.74 Å². The van der Waals surface area contributed by atoms with Crippen molar-refractivity contribution in [2.24, 2.45) is 0 Å². The Morgan fingerprint density at radius 3 is 2.29 bits per heavy atom. The van der Waals surface area contributed by atoms with Gasteiger partial charge in [0.25, 0.3) is 0 Å². The molecule has 1 heterocycles. The number of rotatable bonds is 8. The monoisotopic (exact) mass is 349 g/mol. The van der Waals surface area contributed by atoms with Crippen LogP contribution in [0.1, 0.15) is 30.5 Å². The molecular weight excluding hydrogens is 325 g/mol. The summed E-state index contributed by atoms with van der Waals surface area (Å²) in [5.41, 5.74) is 2.93. The average Bonchev–Trinajstić information content (AvgIpc) is 2.49. The lowest BCUT2D eigenvalue weighted by Gasteiger charge is -2.17. The summed E-state index contributed by atoms with van der Waals surface area (Å²) >= 11 is 0. The van der Waals surface area contributed by atoms with Gasteiger partial charge < -0.3 is 13.8 Å². The molecule has 130 valence electrons. The summed E-state index contributed by atoms with van der Waals surface area (Å²) in [6.45, 7) is 8.24. The summed E-state index contributed by atoms with van der Waals surface area (Å²) in [5.74, 6) is 1.18. The largest absolute Gasteiger partial charge is 0.439 e. The van der Waals surface area contributed by atoms with Crippen LogP contribution in [0.5, 0.6) is 11.6 Å². The minimum absolute atomic E-state index is 0.216. The van der Waals surface area contributed by atoms with Gasteiger partial charge in [-0.2, -0.15) is 0 Å². The molecule has 0 saturated heterocycles. The molecule has 5 nitrogen and oxygen atoms in total. The van der Waals surface area contributed by atoms with Crippen LogP contribution >= 0.6 is 7.60 Å². The highest BCUT2D eigenvalue weighted by Gasteiger charge is 2.24. The van der Waals surface area contributed by atoms with Gasteiger partial charge in [-0.3, -0.25) is 4.57 Å². The summed E-state index contributed by atoms with van der Waals surface area (Å²) < 4.78 is 29.2. The molecule has 24 heavy (non-hydrogen) atoms. The molecule has 0 radical (unpaired) electrons. The molecule has 0 aliphatic heterocycles. The zero-order valence-corrected chi connectivity index (χ0v) is 15.5. The van der Waals surface area contributed by atoms with Crippen LogP contribution in [0.15, 0.2) is 36.5 Å². The van der Waals surface area contributed by atoms with Gasteiger partial charge in [0.1, 0.15) is 5.75 Å². The number of pyridine rings is 1. The smallest absolute Gasteiger partial charge is 0.335 e. The first-order valence-electron chi connectivity index (χ1n) is 8.03. The molecule has 2 aromatic rings. The van der Waals surface area contributed by atoms with E-state index in [4.69, 9.17) is 13.8 Å². The third kappa shape index (κ3) is 5.45. The predicted octanol–water partition coefficient (Wildman–Crippen LogP) is 5.26. The van der Waals surface area contributed by atoms with Crippen molar-refractivity contribution in [2.75, 3.05) is 13.2 Å². The molecule has 1 aromatic carbocycles. The van der Waals surface area contributed by atoms with Crippen molar-refractivity contribution < 1.29 is 18.3 Å². The van der Waals surface area contributed by atoms with Gasteiger partial charge in [-0.1, -0.05) is 12.1 Å². The van der Waals surface area contributed by atoms with Crippen LogP contribution in [0.25, 0.3) is 0 Å². The van der Waals surface area contributed by atoms with Gasteiger partial charge in [-0.05, 0) is 56.5 Å². The van der Waals surface area contributed by atoms with E-state index in [-0.39, 0.29) is 6.16 Å². The molecule has 0 aliphatic rings. The van der Waals surface area contributed by atoms with E-state index in [1.807, 2.05) is 44.2 Å². The Kier molecular flexibility index (Phi) is 6.55. The summed E-state index contributed by atoms with van der Waals surface area (Å²) in [6.07, 6.45) is 1.97. The van der Waals surface area contributed by atoms with Gasteiger partial charge in [-0.25, -0.2) is 4.98 Å². The fourth-order valence-corrected chi connectivity index (χ4v) is 4.03. The number of hydrogen-bond donors (Lipinski definition) is 0. The molecule has 1 aromatic heterocycles. The highest BCUT2D eigenvalue weighted by Crippen LogP contribution is 2.51. The van der Waals surface area contributed by atoms with Crippen molar-refractivity contribution in [3.8, 4) is 11.6 Å². The second kappa shape index (κ2) is 8.43. The zero-order valence-electron chi connectivity index (χ0n) is 14.6. The maximum atomic E-state index is 12.7. The second-order valence-electron chi connectivity index (χ2n) is 5.53. The van der Waals surface area contributed by atoms with E-state index >= 15 is 0 Å². The molecule has 0 amide bonds. The van der Waals surface area contributed by atoms with Gasteiger partial charge in [0.2, 0.25) is 5.88 Å². The third-order valence-electron chi connectivity index (χ3n) is 3.25. The third-order valence-corrected chi connectivity index (χ3v) is 5.30. The van der Waals surface area contributed by atoms with Gasteiger partial charge in [-0.15, -0.1) is 0 Å². The van der Waals surface area contributed by atoms with E-state index in [0.29, 0.717) is 24.8 Å². The van der Waals surface area contributed by atoms with Crippen molar-refractivity contribution in [2.45, 2.75) is 33.9 Å². The average molecular weight is 349 g/mol. The minimum Gasteiger partial charge on any atom is -0.439 e. The number of ether oxygens (including phenoxy) is 1. The van der Waals surface area contributed by atoms with Crippen molar-refractivity contribution in [1.29, 1.82) is 0 Å². The number of nitrogens with zero attached hydrogens (tertiary/aromatic N) is 1. The summed E-state index contributed by atoms with van der Waals surface area (Å²) in [5, 5.41) is 0. The lowest BCUT2D eigenvalue weighted by atomic mass is 10.1. The minimum atomic E-state index is -3.14. The van der Waals surface area contributed by atoms with Gasteiger partial charge >= 0.3 is 7.60 Å². The molecule has 2 rings (SSSR count). The molecule has 0 N–H and O–H groups in total. The standard InChI is InChI=1S/C18H24NO4P/c1-5-21-24(20,22-6-2)13-16-9-15(4)10-17(11-16)23-18-8-7-14(3)12-19-18/h7-12H,5-6,13H2,1-4H3. The highest BCUT2D eigenvalue weighted by atomic mass is 31.2. The second-order valence-corrected chi connectivity index (χ2v) is 7.59. The molecule has 0 saturated carbocycles. The number of benzene rings is 1. The van der Waals surface area contributed by atoms with E-state index in [0.717, 1.165) is 16.7 Å². The maximum Gasteiger partial charge on any atom is 0.335 e. The quantitative estimate of drug-likeness (QED) is 0.609. The van der Waals surface area contributed by atoms with Crippen LogP contribution in [0, 0.1) is 13.8 Å². The molecule has 6 heteroatoms. The van der Waals surface area contributed by atoms with Crippen LogP contribution in [0.3, 0.4) is 0 Å². The molecule has 0 aliphatic carbocycles. The topological polar surface area (TPSA) is 57.7 Å². The van der Waals surface area contributed by atoms with Crippen LogP contribution in [-0.4, -0.2) is 18.2 Å². The van der Waals surface area contributed by atoms with Crippen molar-refractivity contribution in [1.82, 2.24) is 4.98 Å². The Labute approximate surface area is 143 Å². The number of hydrogen-bond acceptors (Lipinski definition) is 5. The molecule has 0 atom stereocenters. The van der Waals surface area contributed by atoms with E-state index in [1.165, 1.54) is 0 Å². The van der Waals surface area contributed by atoms with Crippen molar-refractivity contribution in [3.05, 3.63) is 53.2 Å². The van der Waals surface area contributed by atoms with Crippen LogP contribution in [0.4, 0.5) is 0 Å². The molecule has 0 spiro atoms. The predicted molar refractivity (Wildman–Crippen MR) is 94.8 cm³/mol. The first kappa shape index (κ1) is 18.7. The lowest BCUT2D eigenvalue weighted by molar-refractivity contribution is 0.219. The Hall–Kier alpha value is -1.68. The van der Waals surface area contributed by atoms with Crippen LogP contribution in [-0.2, 0) is 19.8 Å². The highest BCUT2D eigenvalue weighted by molar-refractivity contribution is 7.53. The SMILES string of the molecule is CCOP(=O)(Cc1cc(C)cc(Oc2ccc(C)cn2)c1)OCC. The Balaban J connectivity index is 2.21. The van der Waals surface area contributed by atoms with E-state index in [1.54, 1.807) is 20.0 Å². The van der Waals surface area contributed by atoms with E-state index in [9.17, 15) is 4.57 Å². The van der Waals surface area contributed by atoms with Gasteiger partial charge in [0.15, 0.2) is 0 Å². The first-order valence-corrected chi connectivity index (χ1v) is 9.76. The van der Waals surface area contributed by atoms with E-state index < -0.39 is 7.60 Å². The number of aryl methyl sites for hydroxylation is 2. The van der Waals surface area contributed by atoms with Gasteiger partial charge in [0.05, 0.1) is 19.4 Å². The van der Waals surface area contributed by atoms with Crippen molar-refractivity contribution in [3.63, 3.8) is 0 Å². The molecule has 0 unspecified atom stereocenters. The molecule has 0 bridgehead atoms. The Morgan fingerprint density at radius 2 is 1.71 bits per heavy atom. The Morgan fingerprint density at radius 1 is 1.00 bits per heavy atom. The van der Waals surface area contributed by atoms with Gasteiger partial charge in [0, 0.05) is 12.3 Å². The zero-order chi connectivity index (χ0) is 17.6. The van der Waals surface area contributed by atoms with E-state index in [2.05, 4.69) is 4.98 Å². The Bertz CT molecular complexity index is 705. The van der Waals surface area contributed by atoms with Crippen molar-refractivity contribution >= 4 is 7.60 Å². The molecular formula is C18H24NO4P. The summed E-state index contributed by atoms with van der Waals surface area (Å²) in [6, 6.07) is 9.48. The fraction of sp³-hybridized carbons (Fsp3) is 0.389. The lowest BCUT2D eigenvalue weighted by Crippen LogP contribution is -2.00. The summed E-state index contributed by atoms with van der Waals surface area (Å²) in [4.78, 5) is 4.24. The first-order chi connectivity index (χ1) is 11.4. The summed E-state index contributed by atoms with van der Waals surface area (Å²) in [7, 11) is -3.14. The van der Waals surface area contributed by atoms with Crippen LogP contribution in [0.2, 0.25) is 0 Å². The maximum absolute atomic E-state index is 12.7. The molecule has 0 fully saturated rings. The normalized spacial score (nSPS) is 11.5.